The van der Waals surface area contributed by atoms with Gasteiger partial charge in [0.15, 0.2) is 0 Å². The van der Waals surface area contributed by atoms with Crippen molar-refractivity contribution in [2.45, 2.75) is 6.92 Å². The third-order valence-electron chi connectivity index (χ3n) is 1.22. The zero-order chi connectivity index (χ0) is 10.8. The van der Waals surface area contributed by atoms with Crippen LogP contribution < -0.4 is 10.6 Å². The predicted molar refractivity (Wildman–Crippen MR) is 48.1 cm³/mol. The van der Waals surface area contributed by atoms with Crippen molar-refractivity contribution in [1.82, 2.24) is 10.6 Å². The number of nitriles is 1. The molecule has 6 nitrogen and oxygen atoms in total. The van der Waals surface area contributed by atoms with Crippen LogP contribution in [0.2, 0.25) is 0 Å². The average molecular weight is 199 g/mol. The van der Waals surface area contributed by atoms with Gasteiger partial charge in [0.05, 0.1) is 25.8 Å². The molecule has 0 fully saturated rings. The number of amides is 1. The molecule has 0 bridgehead atoms. The lowest BCUT2D eigenvalue weighted by molar-refractivity contribution is -0.142. The highest BCUT2D eigenvalue weighted by Gasteiger charge is 2.03. The number of nitrogens with one attached hydrogen (secondary N) is 2. The average Bonchev–Trinajstić information content (AvgIpc) is 2.15. The molecule has 0 saturated carbocycles. The van der Waals surface area contributed by atoms with E-state index < -0.39 is 5.97 Å². The fraction of sp³-hybridized carbons (Fsp3) is 0.625. The number of nitrogens with zero attached hydrogens (tertiary/aromatic N) is 1. The summed E-state index contributed by atoms with van der Waals surface area (Å²) in [5.74, 6) is -0.726. The molecule has 78 valence electrons. The van der Waals surface area contributed by atoms with Gasteiger partial charge in [0.25, 0.3) is 0 Å². The minimum absolute atomic E-state index is 0.000490. The van der Waals surface area contributed by atoms with Gasteiger partial charge in [0.2, 0.25) is 5.91 Å². The molecule has 2 N–H and O–H groups in total. The Balaban J connectivity index is 3.40. The minimum Gasteiger partial charge on any atom is -0.465 e. The van der Waals surface area contributed by atoms with Crippen LogP contribution in [0.1, 0.15) is 6.92 Å². The van der Waals surface area contributed by atoms with Gasteiger partial charge < -0.3 is 10.1 Å². The van der Waals surface area contributed by atoms with Crippen LogP contribution >= 0.6 is 0 Å². The highest BCUT2D eigenvalue weighted by Crippen LogP contribution is 1.74. The number of ether oxygens (including phenoxy) is 1. The molecule has 0 aliphatic carbocycles. The lowest BCUT2D eigenvalue weighted by atomic mass is 10.5. The fourth-order valence-corrected chi connectivity index (χ4v) is 0.691. The normalized spacial score (nSPS) is 8.86. The minimum atomic E-state index is -0.402. The number of rotatable bonds is 6. The van der Waals surface area contributed by atoms with Gasteiger partial charge in [0, 0.05) is 0 Å². The van der Waals surface area contributed by atoms with Crippen LogP contribution in [-0.4, -0.2) is 38.1 Å². The Bertz CT molecular complexity index is 234. The van der Waals surface area contributed by atoms with Crippen molar-refractivity contribution in [3.63, 3.8) is 0 Å². The van der Waals surface area contributed by atoms with E-state index in [0.717, 1.165) is 0 Å². The van der Waals surface area contributed by atoms with Gasteiger partial charge in [-0.25, -0.2) is 0 Å². The second-order valence-electron chi connectivity index (χ2n) is 2.34. The van der Waals surface area contributed by atoms with E-state index in [9.17, 15) is 9.59 Å². The molecule has 0 unspecified atom stereocenters. The summed E-state index contributed by atoms with van der Waals surface area (Å²) in [6.07, 6.45) is 0. The van der Waals surface area contributed by atoms with Gasteiger partial charge in [-0.3, -0.25) is 14.9 Å². The Labute approximate surface area is 82.2 Å². The van der Waals surface area contributed by atoms with E-state index in [4.69, 9.17) is 5.26 Å². The number of hydrogen-bond acceptors (Lipinski definition) is 5. The van der Waals surface area contributed by atoms with Gasteiger partial charge in [-0.15, -0.1) is 0 Å². The number of carbonyl (C=O) groups is 2. The van der Waals surface area contributed by atoms with Gasteiger partial charge in [-0.05, 0) is 6.92 Å². The maximum absolute atomic E-state index is 10.9. The third kappa shape index (κ3) is 7.06. The first kappa shape index (κ1) is 12.4. The summed E-state index contributed by atoms with van der Waals surface area (Å²) >= 11 is 0. The lowest BCUT2D eigenvalue weighted by Crippen LogP contribution is -2.36. The zero-order valence-electron chi connectivity index (χ0n) is 8.00. The molecule has 0 saturated heterocycles. The van der Waals surface area contributed by atoms with Crippen molar-refractivity contribution in [3.05, 3.63) is 0 Å². The van der Waals surface area contributed by atoms with E-state index in [-0.39, 0.29) is 25.5 Å². The van der Waals surface area contributed by atoms with Crippen molar-refractivity contribution in [1.29, 1.82) is 5.26 Å². The molecule has 0 radical (unpaired) electrons. The van der Waals surface area contributed by atoms with Crippen molar-refractivity contribution >= 4 is 11.9 Å². The Kier molecular flexibility index (Phi) is 7.09. The number of esters is 1. The Hall–Kier alpha value is -1.61. The molecule has 0 aromatic carbocycles. The molecule has 14 heavy (non-hydrogen) atoms. The molecule has 0 rings (SSSR count). The van der Waals surface area contributed by atoms with Crippen LogP contribution in [0.3, 0.4) is 0 Å². The highest BCUT2D eigenvalue weighted by atomic mass is 16.5. The van der Waals surface area contributed by atoms with Crippen molar-refractivity contribution < 1.29 is 14.3 Å². The van der Waals surface area contributed by atoms with E-state index in [0.29, 0.717) is 6.61 Å². The van der Waals surface area contributed by atoms with Crippen molar-refractivity contribution in [3.8, 4) is 6.07 Å². The Morgan fingerprint density at radius 2 is 2.14 bits per heavy atom. The smallest absolute Gasteiger partial charge is 0.319 e. The topological polar surface area (TPSA) is 91.2 Å². The zero-order valence-corrected chi connectivity index (χ0v) is 8.00. The molecule has 0 aromatic heterocycles. The van der Waals surface area contributed by atoms with E-state index in [1.807, 2.05) is 0 Å². The maximum atomic E-state index is 10.9. The Morgan fingerprint density at radius 1 is 1.43 bits per heavy atom. The van der Waals surface area contributed by atoms with Crippen LogP contribution in [0.25, 0.3) is 0 Å². The van der Waals surface area contributed by atoms with Gasteiger partial charge in [-0.1, -0.05) is 0 Å². The lowest BCUT2D eigenvalue weighted by Gasteiger charge is -2.03. The summed E-state index contributed by atoms with van der Waals surface area (Å²) in [5.41, 5.74) is 0. The van der Waals surface area contributed by atoms with Gasteiger partial charge in [-0.2, -0.15) is 5.26 Å². The third-order valence-corrected chi connectivity index (χ3v) is 1.22. The summed E-state index contributed by atoms with van der Waals surface area (Å²) in [7, 11) is 0. The molecule has 6 heteroatoms. The molecule has 0 spiro atoms. The summed E-state index contributed by atoms with van der Waals surface area (Å²) < 4.78 is 4.62. The number of hydrogen-bond donors (Lipinski definition) is 2. The van der Waals surface area contributed by atoms with Crippen molar-refractivity contribution in [2.75, 3.05) is 26.2 Å². The largest absolute Gasteiger partial charge is 0.465 e. The first-order chi connectivity index (χ1) is 6.70. The van der Waals surface area contributed by atoms with Gasteiger partial charge >= 0.3 is 5.97 Å². The monoisotopic (exact) mass is 199 g/mol. The molecule has 0 aliphatic rings. The standard InChI is InChI=1S/C8H13N3O3/c1-2-14-8(13)6-10-5-7(12)11-4-3-9/h10H,2,4-6H2,1H3,(H,11,12). The van der Waals surface area contributed by atoms with E-state index >= 15 is 0 Å². The summed E-state index contributed by atoms with van der Waals surface area (Å²) in [6, 6.07) is 1.77. The van der Waals surface area contributed by atoms with E-state index in [2.05, 4.69) is 15.4 Å². The van der Waals surface area contributed by atoms with Crippen LogP contribution in [0.5, 0.6) is 0 Å². The maximum Gasteiger partial charge on any atom is 0.319 e. The van der Waals surface area contributed by atoms with Gasteiger partial charge in [0.1, 0.15) is 6.54 Å². The summed E-state index contributed by atoms with van der Waals surface area (Å²) in [4.78, 5) is 21.6. The summed E-state index contributed by atoms with van der Waals surface area (Å²) in [5, 5.41) is 13.0. The fourth-order valence-electron chi connectivity index (χ4n) is 0.691. The second-order valence-corrected chi connectivity index (χ2v) is 2.34. The number of carbonyl (C=O) groups excluding carboxylic acids is 2. The van der Waals surface area contributed by atoms with E-state index in [1.165, 1.54) is 0 Å². The highest BCUT2D eigenvalue weighted by molar-refractivity contribution is 5.79. The second kappa shape index (κ2) is 8.01. The SMILES string of the molecule is CCOC(=O)CNCC(=O)NCC#N. The van der Waals surface area contributed by atoms with Crippen LogP contribution in [-0.2, 0) is 14.3 Å². The molecule has 0 heterocycles. The molecule has 0 aliphatic heterocycles. The van der Waals surface area contributed by atoms with Crippen molar-refractivity contribution in [2.24, 2.45) is 0 Å². The quantitative estimate of drug-likeness (QED) is 0.413. The first-order valence-corrected chi connectivity index (χ1v) is 4.20. The molecule has 0 atom stereocenters. The molecule has 0 aromatic rings. The molecular weight excluding hydrogens is 186 g/mol. The predicted octanol–water partition coefficient (Wildman–Crippen LogP) is -1.22. The van der Waals surface area contributed by atoms with Crippen LogP contribution in [0.4, 0.5) is 0 Å². The Morgan fingerprint density at radius 3 is 2.71 bits per heavy atom. The molecular formula is C8H13N3O3. The van der Waals surface area contributed by atoms with Crippen LogP contribution in [0, 0.1) is 11.3 Å². The summed E-state index contributed by atoms with van der Waals surface area (Å²) in [6.45, 7) is 1.99. The van der Waals surface area contributed by atoms with E-state index in [1.54, 1.807) is 13.0 Å². The first-order valence-electron chi connectivity index (χ1n) is 4.20. The molecule has 1 amide bonds. The van der Waals surface area contributed by atoms with Crippen LogP contribution in [0.15, 0.2) is 0 Å².